The molecule has 0 fully saturated rings. The largest absolute Gasteiger partial charge is 0.275 e. The number of benzene rings is 6. The van der Waals surface area contributed by atoms with E-state index in [-0.39, 0.29) is 5.41 Å². The molecule has 2 heterocycles. The lowest BCUT2D eigenvalue weighted by Gasteiger charge is -2.22. The minimum absolute atomic E-state index is 0.0878. The molecule has 3 nitrogen and oxygen atoms in total. The Hall–Kier alpha value is -5.32. The number of nitrogens with zero attached hydrogens (tertiary/aromatic N) is 3. The highest BCUT2D eigenvalue weighted by Crippen LogP contribution is 2.49. The summed E-state index contributed by atoms with van der Waals surface area (Å²) in [5, 5.41) is 12.3. The first-order chi connectivity index (χ1) is 22.1. The molecule has 0 radical (unpaired) electrons. The summed E-state index contributed by atoms with van der Waals surface area (Å²) in [5.41, 5.74) is 10.8. The Kier molecular flexibility index (Phi) is 5.71. The molecule has 0 aliphatic heterocycles. The average Bonchev–Trinajstić information content (AvgIpc) is 3.76. The van der Waals surface area contributed by atoms with Gasteiger partial charge in [0.15, 0.2) is 11.6 Å². The molecular weight excluding hydrogens is 567 g/mol. The van der Waals surface area contributed by atoms with Crippen LogP contribution in [0.5, 0.6) is 0 Å². The maximum atomic E-state index is 4.82. The summed E-state index contributed by atoms with van der Waals surface area (Å²) in [6.45, 7) is 4.63. The Morgan fingerprint density at radius 2 is 1.13 bits per heavy atom. The number of thiophene rings is 1. The van der Waals surface area contributed by atoms with Gasteiger partial charge >= 0.3 is 0 Å². The fourth-order valence-electron chi connectivity index (χ4n) is 7.10. The van der Waals surface area contributed by atoms with E-state index in [1.807, 2.05) is 17.4 Å². The van der Waals surface area contributed by atoms with Gasteiger partial charge in [0.2, 0.25) is 0 Å². The molecule has 1 aliphatic carbocycles. The van der Waals surface area contributed by atoms with Crippen LogP contribution in [0.25, 0.3) is 70.9 Å². The van der Waals surface area contributed by atoms with E-state index >= 15 is 0 Å². The number of hydrogen-bond donors (Lipinski definition) is 0. The smallest absolute Gasteiger partial charge is 0.168 e. The average molecular weight is 596 g/mol. The van der Waals surface area contributed by atoms with Gasteiger partial charge in [-0.2, -0.15) is 0 Å². The molecule has 0 spiro atoms. The van der Waals surface area contributed by atoms with Crippen LogP contribution in [0, 0.1) is 0 Å². The highest BCUT2D eigenvalue weighted by atomic mass is 32.1. The summed E-state index contributed by atoms with van der Waals surface area (Å²) in [5.74, 6) is 1.66. The van der Waals surface area contributed by atoms with Crippen LogP contribution < -0.4 is 0 Å². The van der Waals surface area contributed by atoms with Crippen LogP contribution in [-0.2, 0) is 5.41 Å². The van der Waals surface area contributed by atoms with Crippen LogP contribution in [0.15, 0.2) is 140 Å². The molecule has 9 rings (SSSR count). The van der Waals surface area contributed by atoms with E-state index in [1.165, 1.54) is 53.6 Å². The topological polar surface area (TPSA) is 30.7 Å². The van der Waals surface area contributed by atoms with Crippen molar-refractivity contribution in [2.45, 2.75) is 19.3 Å². The summed E-state index contributed by atoms with van der Waals surface area (Å²) < 4.78 is 4.83. The lowest BCUT2D eigenvalue weighted by molar-refractivity contribution is 0.660. The number of aromatic nitrogens is 3. The third-order valence-corrected chi connectivity index (χ3v) is 10.6. The van der Waals surface area contributed by atoms with E-state index in [0.29, 0.717) is 0 Å². The van der Waals surface area contributed by atoms with Crippen LogP contribution in [0.4, 0.5) is 0 Å². The Labute approximate surface area is 266 Å². The standard InChI is InChI=1S/C41H29N3S/c1-41(2)35-17-8-6-13-31(35)32-24-23-28(25-36(32)41)40-43-42-39(44(40)29-11-4-3-5-12-29)27-21-19-26(20-22-27)30-15-10-16-34-33-14-7-9-18-37(33)45-38(30)34/h3-25H,1-2H3. The SMILES string of the molecule is CC1(C)c2ccccc2-c2ccc(-c3nnc(-c4ccc(-c5cccc6c5sc5ccccc56)cc4)n3-c3ccccc3)cc21. The number of fused-ring (bicyclic) bond motifs is 6. The highest BCUT2D eigenvalue weighted by Gasteiger charge is 2.35. The van der Waals surface area contributed by atoms with Crippen molar-refractivity contribution in [3.63, 3.8) is 0 Å². The zero-order valence-corrected chi connectivity index (χ0v) is 25.8. The predicted molar refractivity (Wildman–Crippen MR) is 188 cm³/mol. The van der Waals surface area contributed by atoms with Crippen molar-refractivity contribution in [3.8, 4) is 50.7 Å². The van der Waals surface area contributed by atoms with Crippen molar-refractivity contribution in [2.75, 3.05) is 0 Å². The lowest BCUT2D eigenvalue weighted by Crippen LogP contribution is -2.15. The van der Waals surface area contributed by atoms with Crippen molar-refractivity contribution < 1.29 is 0 Å². The minimum Gasteiger partial charge on any atom is -0.275 e. The number of rotatable bonds is 4. The van der Waals surface area contributed by atoms with Gasteiger partial charge in [0.25, 0.3) is 0 Å². The van der Waals surface area contributed by atoms with Crippen LogP contribution in [0.1, 0.15) is 25.0 Å². The van der Waals surface area contributed by atoms with Crippen LogP contribution in [-0.4, -0.2) is 14.8 Å². The monoisotopic (exact) mass is 595 g/mol. The second-order valence-corrected chi connectivity index (χ2v) is 13.4. The second kappa shape index (κ2) is 9.85. The van der Waals surface area contributed by atoms with Gasteiger partial charge in [0, 0.05) is 42.4 Å². The quantitative estimate of drug-likeness (QED) is 0.203. The molecule has 1 aliphatic rings. The summed E-state index contributed by atoms with van der Waals surface area (Å²) in [6.07, 6.45) is 0. The summed E-state index contributed by atoms with van der Waals surface area (Å²) in [4.78, 5) is 0. The van der Waals surface area contributed by atoms with Crippen LogP contribution >= 0.6 is 11.3 Å². The normalized spacial score (nSPS) is 13.3. The van der Waals surface area contributed by atoms with E-state index < -0.39 is 0 Å². The molecule has 45 heavy (non-hydrogen) atoms. The Morgan fingerprint density at radius 3 is 1.98 bits per heavy atom. The van der Waals surface area contributed by atoms with Crippen molar-refractivity contribution in [1.82, 2.24) is 14.8 Å². The summed E-state index contributed by atoms with van der Waals surface area (Å²) in [7, 11) is 0. The third kappa shape index (κ3) is 3.96. The van der Waals surface area contributed by atoms with Crippen molar-refractivity contribution in [2.24, 2.45) is 0 Å². The van der Waals surface area contributed by atoms with Crippen molar-refractivity contribution in [1.29, 1.82) is 0 Å². The summed E-state index contributed by atoms with van der Waals surface area (Å²) >= 11 is 1.86. The first-order valence-corrected chi connectivity index (χ1v) is 16.2. The second-order valence-electron chi connectivity index (χ2n) is 12.3. The summed E-state index contributed by atoms with van der Waals surface area (Å²) in [6, 6.07) is 50.0. The minimum atomic E-state index is -0.0878. The molecule has 0 bridgehead atoms. The Balaban J connectivity index is 1.16. The molecule has 0 saturated carbocycles. The van der Waals surface area contributed by atoms with Gasteiger partial charge < -0.3 is 0 Å². The van der Waals surface area contributed by atoms with E-state index in [2.05, 4.69) is 152 Å². The Bertz CT molecular complexity index is 2390. The molecule has 0 N–H and O–H groups in total. The fraction of sp³-hybridized carbons (Fsp3) is 0.0732. The van der Waals surface area contributed by atoms with Crippen LogP contribution in [0.3, 0.4) is 0 Å². The molecular formula is C41H29N3S. The zero-order valence-electron chi connectivity index (χ0n) is 25.0. The van der Waals surface area contributed by atoms with Crippen LogP contribution in [0.2, 0.25) is 0 Å². The van der Waals surface area contributed by atoms with Gasteiger partial charge in [-0.1, -0.05) is 129 Å². The van der Waals surface area contributed by atoms with Gasteiger partial charge in [-0.05, 0) is 57.6 Å². The maximum Gasteiger partial charge on any atom is 0.168 e. The molecule has 0 atom stereocenters. The molecule has 8 aromatic rings. The highest BCUT2D eigenvalue weighted by molar-refractivity contribution is 7.26. The fourth-order valence-corrected chi connectivity index (χ4v) is 8.33. The van der Waals surface area contributed by atoms with Gasteiger partial charge in [0.1, 0.15) is 0 Å². The molecule has 4 heteroatoms. The molecule has 6 aromatic carbocycles. The zero-order chi connectivity index (χ0) is 30.1. The number of hydrogen-bond acceptors (Lipinski definition) is 3. The van der Waals surface area contributed by atoms with Gasteiger partial charge in [-0.25, -0.2) is 0 Å². The van der Waals surface area contributed by atoms with E-state index in [4.69, 9.17) is 10.2 Å². The molecule has 0 saturated heterocycles. The van der Waals surface area contributed by atoms with E-state index in [0.717, 1.165) is 28.5 Å². The lowest BCUT2D eigenvalue weighted by atomic mass is 9.82. The molecule has 0 amide bonds. The first-order valence-electron chi connectivity index (χ1n) is 15.3. The molecule has 2 aromatic heterocycles. The van der Waals surface area contributed by atoms with Gasteiger partial charge in [-0.3, -0.25) is 4.57 Å². The molecule has 0 unspecified atom stereocenters. The third-order valence-electron chi connectivity index (χ3n) is 9.38. The molecule has 214 valence electrons. The van der Waals surface area contributed by atoms with Gasteiger partial charge in [-0.15, -0.1) is 21.5 Å². The van der Waals surface area contributed by atoms with Gasteiger partial charge in [0.05, 0.1) is 0 Å². The van der Waals surface area contributed by atoms with E-state index in [1.54, 1.807) is 0 Å². The maximum absolute atomic E-state index is 4.82. The predicted octanol–water partition coefficient (Wildman–Crippen LogP) is 10.9. The number of para-hydroxylation sites is 1. The van der Waals surface area contributed by atoms with Crippen molar-refractivity contribution >= 4 is 31.5 Å². The van der Waals surface area contributed by atoms with E-state index in [9.17, 15) is 0 Å². The first kappa shape index (κ1) is 26.1. The Morgan fingerprint density at radius 1 is 0.511 bits per heavy atom. The van der Waals surface area contributed by atoms with Crippen molar-refractivity contribution in [3.05, 3.63) is 151 Å².